The maximum absolute atomic E-state index is 12.5. The average Bonchev–Trinajstić information content (AvgIpc) is 3.24. The van der Waals surface area contributed by atoms with Gasteiger partial charge in [-0.2, -0.15) is 0 Å². The Morgan fingerprint density at radius 2 is 1.94 bits per heavy atom. The van der Waals surface area contributed by atoms with Gasteiger partial charge in [0, 0.05) is 30.6 Å². The van der Waals surface area contributed by atoms with E-state index in [1.807, 2.05) is 24.3 Å². The van der Waals surface area contributed by atoms with Crippen molar-refractivity contribution in [3.05, 3.63) is 45.9 Å². The monoisotopic (exact) mass is 555 g/mol. The third-order valence-electron chi connectivity index (χ3n) is 5.42. The van der Waals surface area contributed by atoms with Crippen LogP contribution in [0.4, 0.5) is 5.69 Å². The number of thiazole rings is 1. The number of halogens is 1. The van der Waals surface area contributed by atoms with E-state index in [4.69, 9.17) is 0 Å². The Morgan fingerprint density at radius 1 is 1.19 bits per heavy atom. The maximum Gasteiger partial charge on any atom is 0.227 e. The van der Waals surface area contributed by atoms with Crippen LogP contribution in [-0.4, -0.2) is 23.9 Å². The molecule has 31 heavy (non-hydrogen) atoms. The normalized spacial score (nSPS) is 14.8. The van der Waals surface area contributed by atoms with Crippen molar-refractivity contribution >= 4 is 52.9 Å². The zero-order valence-corrected chi connectivity index (χ0v) is 21.8. The second kappa shape index (κ2) is 13.0. The topological polar surface area (TPSA) is 78.4 Å². The number of hydrogen-bond donors (Lipinski definition) is 3. The van der Waals surface area contributed by atoms with Crippen molar-refractivity contribution in [2.45, 2.75) is 65.0 Å². The van der Waals surface area contributed by atoms with Gasteiger partial charge < -0.3 is 16.0 Å². The Kier molecular flexibility index (Phi) is 10.7. The van der Waals surface area contributed by atoms with Crippen LogP contribution in [0.1, 0.15) is 68.1 Å². The molecule has 1 heterocycles. The van der Waals surface area contributed by atoms with Crippen LogP contribution in [0.25, 0.3) is 0 Å². The summed E-state index contributed by atoms with van der Waals surface area (Å²) < 4.78 is 0. The molecule has 6 nitrogen and oxygen atoms in total. The Morgan fingerprint density at radius 3 is 2.61 bits per heavy atom. The molecule has 3 N–H and O–H groups in total. The molecule has 1 aliphatic carbocycles. The summed E-state index contributed by atoms with van der Waals surface area (Å²) in [5.74, 6) is 1.48. The van der Waals surface area contributed by atoms with Crippen LogP contribution >= 0.6 is 35.3 Å². The van der Waals surface area contributed by atoms with Crippen LogP contribution in [-0.2, 0) is 17.9 Å². The number of nitrogens with zero attached hydrogens (tertiary/aromatic N) is 2. The molecule has 170 valence electrons. The Hall–Kier alpha value is -1.68. The van der Waals surface area contributed by atoms with Gasteiger partial charge in [0.05, 0.1) is 12.2 Å². The number of nitrogens with one attached hydrogen (secondary N) is 3. The number of guanidine groups is 1. The molecule has 1 fully saturated rings. The Labute approximate surface area is 206 Å². The second-order valence-corrected chi connectivity index (χ2v) is 9.07. The molecule has 0 spiro atoms. The van der Waals surface area contributed by atoms with Crippen LogP contribution in [0.2, 0.25) is 0 Å². The molecule has 0 aliphatic heterocycles. The highest BCUT2D eigenvalue weighted by atomic mass is 127. The maximum atomic E-state index is 12.5. The lowest BCUT2D eigenvalue weighted by Crippen LogP contribution is -2.36. The lowest BCUT2D eigenvalue weighted by atomic mass is 9.88. The largest absolute Gasteiger partial charge is 0.352 e. The third-order valence-corrected chi connectivity index (χ3v) is 6.29. The minimum Gasteiger partial charge on any atom is -0.352 e. The van der Waals surface area contributed by atoms with Crippen molar-refractivity contribution in [3.8, 4) is 0 Å². The van der Waals surface area contributed by atoms with E-state index in [0.29, 0.717) is 19.0 Å². The van der Waals surface area contributed by atoms with Gasteiger partial charge in [-0.15, -0.1) is 35.3 Å². The first-order valence-corrected chi connectivity index (χ1v) is 11.7. The molecule has 1 amide bonds. The zero-order chi connectivity index (χ0) is 21.3. The van der Waals surface area contributed by atoms with E-state index in [-0.39, 0.29) is 35.8 Å². The van der Waals surface area contributed by atoms with Crippen LogP contribution in [0.3, 0.4) is 0 Å². The number of rotatable bonds is 7. The van der Waals surface area contributed by atoms with Crippen molar-refractivity contribution in [1.82, 2.24) is 15.6 Å². The van der Waals surface area contributed by atoms with Gasteiger partial charge in [-0.05, 0) is 36.5 Å². The zero-order valence-electron chi connectivity index (χ0n) is 18.6. The summed E-state index contributed by atoms with van der Waals surface area (Å²) >= 11 is 1.67. The number of amides is 1. The number of anilines is 1. The number of carbonyl (C=O) groups excluding carboxylic acids is 1. The predicted octanol–water partition coefficient (Wildman–Crippen LogP) is 5.27. The second-order valence-electron chi connectivity index (χ2n) is 8.12. The summed E-state index contributed by atoms with van der Waals surface area (Å²) in [6.45, 7) is 5.58. The fraction of sp³-hybridized carbons (Fsp3) is 0.522. The Bertz CT molecular complexity index is 861. The number of benzene rings is 1. The van der Waals surface area contributed by atoms with Crippen molar-refractivity contribution in [3.63, 3.8) is 0 Å². The number of aliphatic imine (C=N–C) groups is 1. The highest BCUT2D eigenvalue weighted by Crippen LogP contribution is 2.25. The van der Waals surface area contributed by atoms with Gasteiger partial charge in [0.1, 0.15) is 5.01 Å². The number of carbonyl (C=O) groups is 1. The molecule has 0 atom stereocenters. The standard InChI is InChI=1S/C23H33N5OS.HI/c1-16(2)20-15-30-21(28-20)14-26-23(24-3)25-13-17-8-7-11-19(12-17)27-22(29)18-9-5-4-6-10-18;/h7-8,11-12,15-16,18H,4-6,9-10,13-14H2,1-3H3,(H,27,29)(H2,24,25,26);1H. The fourth-order valence-electron chi connectivity index (χ4n) is 3.61. The average molecular weight is 556 g/mol. The van der Waals surface area contributed by atoms with Crippen LogP contribution in [0.5, 0.6) is 0 Å². The summed E-state index contributed by atoms with van der Waals surface area (Å²) in [5.41, 5.74) is 3.08. The molecule has 0 saturated heterocycles. The number of hydrogen-bond acceptors (Lipinski definition) is 4. The van der Waals surface area contributed by atoms with E-state index in [1.165, 1.54) is 6.42 Å². The van der Waals surface area contributed by atoms with Gasteiger partial charge in [0.25, 0.3) is 0 Å². The van der Waals surface area contributed by atoms with Gasteiger partial charge in [0.2, 0.25) is 5.91 Å². The van der Waals surface area contributed by atoms with Crippen LogP contribution < -0.4 is 16.0 Å². The highest BCUT2D eigenvalue weighted by Gasteiger charge is 2.21. The van der Waals surface area contributed by atoms with Gasteiger partial charge in [-0.3, -0.25) is 9.79 Å². The fourth-order valence-corrected chi connectivity index (χ4v) is 4.50. The van der Waals surface area contributed by atoms with E-state index in [9.17, 15) is 4.79 Å². The molecule has 1 aromatic carbocycles. The van der Waals surface area contributed by atoms with Crippen LogP contribution in [0, 0.1) is 5.92 Å². The van der Waals surface area contributed by atoms with E-state index >= 15 is 0 Å². The minimum absolute atomic E-state index is 0. The van der Waals surface area contributed by atoms with Crippen molar-refractivity contribution in [1.29, 1.82) is 0 Å². The molecule has 2 aromatic rings. The van der Waals surface area contributed by atoms with E-state index < -0.39 is 0 Å². The first kappa shape index (κ1) is 25.6. The highest BCUT2D eigenvalue weighted by molar-refractivity contribution is 14.0. The first-order valence-electron chi connectivity index (χ1n) is 10.8. The Balaban J connectivity index is 0.00000341. The molecule has 0 radical (unpaired) electrons. The van der Waals surface area contributed by atoms with E-state index in [2.05, 4.69) is 45.2 Å². The summed E-state index contributed by atoms with van der Waals surface area (Å²) in [4.78, 5) is 21.4. The summed E-state index contributed by atoms with van der Waals surface area (Å²) in [6.07, 6.45) is 5.59. The van der Waals surface area contributed by atoms with E-state index in [0.717, 1.165) is 53.6 Å². The molecule has 3 rings (SSSR count). The van der Waals surface area contributed by atoms with E-state index in [1.54, 1.807) is 18.4 Å². The molecular weight excluding hydrogens is 521 g/mol. The molecule has 0 bridgehead atoms. The lowest BCUT2D eigenvalue weighted by Gasteiger charge is -2.21. The summed E-state index contributed by atoms with van der Waals surface area (Å²) in [5, 5.41) is 12.9. The number of aromatic nitrogens is 1. The van der Waals surface area contributed by atoms with Crippen LogP contribution in [0.15, 0.2) is 34.6 Å². The molecule has 1 aromatic heterocycles. The molecule has 8 heteroatoms. The summed E-state index contributed by atoms with van der Waals surface area (Å²) in [6, 6.07) is 8.00. The smallest absolute Gasteiger partial charge is 0.227 e. The van der Waals surface area contributed by atoms with Gasteiger partial charge in [-0.1, -0.05) is 45.2 Å². The summed E-state index contributed by atoms with van der Waals surface area (Å²) in [7, 11) is 1.76. The molecule has 1 aliphatic rings. The molecule has 1 saturated carbocycles. The quantitative estimate of drug-likeness (QED) is 0.247. The lowest BCUT2D eigenvalue weighted by molar-refractivity contribution is -0.120. The van der Waals surface area contributed by atoms with Gasteiger partial charge in [0.15, 0.2) is 5.96 Å². The van der Waals surface area contributed by atoms with Crippen molar-refractivity contribution < 1.29 is 4.79 Å². The minimum atomic E-state index is 0. The SMILES string of the molecule is CN=C(NCc1cccc(NC(=O)C2CCCCC2)c1)NCc1nc(C(C)C)cs1.I. The predicted molar refractivity (Wildman–Crippen MR) is 140 cm³/mol. The molecule has 0 unspecified atom stereocenters. The third kappa shape index (κ3) is 8.07. The first-order chi connectivity index (χ1) is 14.5. The van der Waals surface area contributed by atoms with Gasteiger partial charge >= 0.3 is 0 Å². The van der Waals surface area contributed by atoms with Crippen molar-refractivity contribution in [2.24, 2.45) is 10.9 Å². The molecular formula is C23H34IN5OS. The van der Waals surface area contributed by atoms with Gasteiger partial charge in [-0.25, -0.2) is 4.98 Å². The van der Waals surface area contributed by atoms with Crippen molar-refractivity contribution in [2.75, 3.05) is 12.4 Å².